The average Bonchev–Trinajstić information content (AvgIpc) is 2.89. The van der Waals surface area contributed by atoms with Crippen LogP contribution in [-0.4, -0.2) is 45.5 Å². The number of rotatable bonds is 11. The molecule has 0 fully saturated rings. The van der Waals surface area contributed by atoms with Gasteiger partial charge in [0.1, 0.15) is 5.75 Å². The highest BCUT2D eigenvalue weighted by molar-refractivity contribution is 7.92. The Morgan fingerprint density at radius 3 is 2.31 bits per heavy atom. The molecule has 39 heavy (non-hydrogen) atoms. The number of nitrogens with one attached hydrogen (secondary N) is 2. The third kappa shape index (κ3) is 7.23. The van der Waals surface area contributed by atoms with Crippen molar-refractivity contribution in [3.05, 3.63) is 81.4 Å². The number of benzene rings is 3. The van der Waals surface area contributed by atoms with Gasteiger partial charge in [0.15, 0.2) is 12.4 Å². The van der Waals surface area contributed by atoms with E-state index in [1.807, 2.05) is 6.92 Å². The maximum atomic E-state index is 12.9. The normalized spacial score (nSPS) is 10.9. The Morgan fingerprint density at radius 2 is 1.69 bits per heavy atom. The smallest absolute Gasteiger partial charge is 0.338 e. The first-order chi connectivity index (χ1) is 18.4. The number of anilines is 2. The van der Waals surface area contributed by atoms with Gasteiger partial charge in [-0.2, -0.15) is 0 Å². The molecule has 0 spiro atoms. The maximum Gasteiger partial charge on any atom is 0.338 e. The Bertz CT molecular complexity index is 1500. The first-order valence-corrected chi connectivity index (χ1v) is 13.1. The first-order valence-electron chi connectivity index (χ1n) is 11.6. The third-order valence-electron chi connectivity index (χ3n) is 5.49. The van der Waals surface area contributed by atoms with E-state index in [1.54, 1.807) is 38.1 Å². The number of hydrogen-bond donors (Lipinski definition) is 2. The van der Waals surface area contributed by atoms with E-state index in [2.05, 4.69) is 10.0 Å². The highest BCUT2D eigenvalue weighted by atomic mass is 32.2. The zero-order valence-corrected chi connectivity index (χ0v) is 22.5. The van der Waals surface area contributed by atoms with Crippen molar-refractivity contribution in [3.8, 4) is 11.5 Å². The lowest BCUT2D eigenvalue weighted by Crippen LogP contribution is -2.22. The summed E-state index contributed by atoms with van der Waals surface area (Å²) < 4.78 is 43.7. The van der Waals surface area contributed by atoms with Gasteiger partial charge in [0.05, 0.1) is 29.1 Å². The van der Waals surface area contributed by atoms with Crippen molar-refractivity contribution in [2.24, 2.45) is 0 Å². The number of nitrogens with zero attached hydrogens (tertiary/aromatic N) is 1. The molecule has 0 aliphatic carbocycles. The minimum absolute atomic E-state index is 0.0365. The first kappa shape index (κ1) is 28.9. The fraction of sp³-hybridized carbons (Fsp3) is 0.231. The van der Waals surface area contributed by atoms with Gasteiger partial charge in [-0.15, -0.1) is 0 Å². The SMILES string of the molecule is CCOc1ccc(NS(=O)(=O)c2ccc(C)c(C(=O)OCC(=O)Nc3cc(OC)c([N+](=O)[O-])cc3C)c2)cc1. The van der Waals surface area contributed by atoms with Crippen LogP contribution in [0, 0.1) is 24.0 Å². The van der Waals surface area contributed by atoms with Crippen LogP contribution in [0.25, 0.3) is 0 Å². The molecule has 0 aliphatic rings. The molecule has 206 valence electrons. The molecule has 3 aromatic rings. The van der Waals surface area contributed by atoms with E-state index in [1.165, 1.54) is 31.4 Å². The molecule has 0 saturated heterocycles. The number of hydrogen-bond acceptors (Lipinski definition) is 9. The summed E-state index contributed by atoms with van der Waals surface area (Å²) in [5.74, 6) is -1.07. The molecule has 0 aromatic heterocycles. The summed E-state index contributed by atoms with van der Waals surface area (Å²) in [6, 6.07) is 12.9. The maximum absolute atomic E-state index is 12.9. The molecule has 0 radical (unpaired) electrons. The molecule has 0 heterocycles. The number of sulfonamides is 1. The van der Waals surface area contributed by atoms with Gasteiger partial charge >= 0.3 is 11.7 Å². The van der Waals surface area contributed by atoms with Crippen LogP contribution in [-0.2, 0) is 19.6 Å². The zero-order chi connectivity index (χ0) is 28.7. The summed E-state index contributed by atoms with van der Waals surface area (Å²) in [4.78, 5) is 35.5. The molecule has 2 N–H and O–H groups in total. The number of ether oxygens (including phenoxy) is 3. The van der Waals surface area contributed by atoms with Crippen LogP contribution >= 0.6 is 0 Å². The number of carbonyl (C=O) groups is 2. The molecule has 0 aliphatic heterocycles. The average molecular weight is 558 g/mol. The predicted molar refractivity (Wildman–Crippen MR) is 143 cm³/mol. The van der Waals surface area contributed by atoms with Gasteiger partial charge in [-0.05, 0) is 68.3 Å². The summed E-state index contributed by atoms with van der Waals surface area (Å²) in [5, 5.41) is 13.7. The van der Waals surface area contributed by atoms with Gasteiger partial charge in [0.25, 0.3) is 15.9 Å². The lowest BCUT2D eigenvalue weighted by atomic mass is 10.1. The Kier molecular flexibility index (Phi) is 9.09. The van der Waals surface area contributed by atoms with E-state index in [4.69, 9.17) is 14.2 Å². The minimum atomic E-state index is -4.04. The minimum Gasteiger partial charge on any atom is -0.494 e. The van der Waals surface area contributed by atoms with Gasteiger partial charge in [-0.25, -0.2) is 13.2 Å². The van der Waals surface area contributed by atoms with Crippen molar-refractivity contribution in [1.29, 1.82) is 0 Å². The number of nitro groups is 1. The topological polar surface area (TPSA) is 163 Å². The van der Waals surface area contributed by atoms with Crippen LogP contribution in [0.3, 0.4) is 0 Å². The lowest BCUT2D eigenvalue weighted by molar-refractivity contribution is -0.385. The Labute approximate surface area is 225 Å². The van der Waals surface area contributed by atoms with Gasteiger partial charge < -0.3 is 19.5 Å². The third-order valence-corrected chi connectivity index (χ3v) is 6.87. The summed E-state index contributed by atoms with van der Waals surface area (Å²) >= 11 is 0. The van der Waals surface area contributed by atoms with E-state index >= 15 is 0 Å². The number of carbonyl (C=O) groups excluding carboxylic acids is 2. The van der Waals surface area contributed by atoms with Crippen LogP contribution in [0.2, 0.25) is 0 Å². The van der Waals surface area contributed by atoms with E-state index in [0.717, 1.165) is 6.07 Å². The number of esters is 1. The lowest BCUT2D eigenvalue weighted by Gasteiger charge is -2.13. The van der Waals surface area contributed by atoms with Crippen molar-refractivity contribution in [3.63, 3.8) is 0 Å². The molecule has 0 atom stereocenters. The summed E-state index contributed by atoms with van der Waals surface area (Å²) in [5.41, 5.74) is 1.08. The molecule has 0 unspecified atom stereocenters. The molecule has 0 bridgehead atoms. The fourth-order valence-corrected chi connectivity index (χ4v) is 4.58. The summed E-state index contributed by atoms with van der Waals surface area (Å²) in [6.07, 6.45) is 0. The highest BCUT2D eigenvalue weighted by Crippen LogP contribution is 2.32. The number of aryl methyl sites for hydroxylation is 2. The van der Waals surface area contributed by atoms with E-state index in [0.29, 0.717) is 29.2 Å². The van der Waals surface area contributed by atoms with E-state index < -0.39 is 33.4 Å². The highest BCUT2D eigenvalue weighted by Gasteiger charge is 2.21. The second kappa shape index (κ2) is 12.3. The van der Waals surface area contributed by atoms with Crippen LogP contribution in [0.4, 0.5) is 17.1 Å². The van der Waals surface area contributed by atoms with Crippen LogP contribution in [0.5, 0.6) is 11.5 Å². The molecular weight excluding hydrogens is 530 g/mol. The van der Waals surface area contributed by atoms with Crippen molar-refractivity contribution in [2.45, 2.75) is 25.7 Å². The van der Waals surface area contributed by atoms with Crippen molar-refractivity contribution >= 4 is 39.0 Å². The molecule has 12 nitrogen and oxygen atoms in total. The summed E-state index contributed by atoms with van der Waals surface area (Å²) in [7, 11) is -2.78. The molecule has 13 heteroatoms. The second-order valence-electron chi connectivity index (χ2n) is 8.26. The van der Waals surface area contributed by atoms with Crippen LogP contribution in [0.15, 0.2) is 59.5 Å². The van der Waals surface area contributed by atoms with E-state index in [-0.39, 0.29) is 27.6 Å². The Hall–Kier alpha value is -4.65. The summed E-state index contributed by atoms with van der Waals surface area (Å²) in [6.45, 7) is 4.78. The molecule has 3 aromatic carbocycles. The van der Waals surface area contributed by atoms with Crippen LogP contribution < -0.4 is 19.5 Å². The molecule has 3 rings (SSSR count). The van der Waals surface area contributed by atoms with Crippen molar-refractivity contribution in [1.82, 2.24) is 0 Å². The van der Waals surface area contributed by atoms with Gasteiger partial charge in [-0.3, -0.25) is 19.6 Å². The quantitative estimate of drug-likeness (QED) is 0.200. The Morgan fingerprint density at radius 1 is 1.00 bits per heavy atom. The van der Waals surface area contributed by atoms with Gasteiger partial charge in [-0.1, -0.05) is 6.07 Å². The predicted octanol–water partition coefficient (Wildman–Crippen LogP) is 4.22. The van der Waals surface area contributed by atoms with Gasteiger partial charge in [0, 0.05) is 23.5 Å². The monoisotopic (exact) mass is 557 g/mol. The standard InChI is InChI=1S/C26H27N3O9S/c1-5-37-19-9-7-18(8-10-19)28-39(34,35)20-11-6-16(2)21(13-20)26(31)38-15-25(30)27-22-14-24(36-4)23(29(32)33)12-17(22)3/h6-14,28H,5,15H2,1-4H3,(H,27,30). The zero-order valence-electron chi connectivity index (χ0n) is 21.6. The Balaban J connectivity index is 1.69. The second-order valence-corrected chi connectivity index (χ2v) is 9.94. The number of methoxy groups -OCH3 is 1. The molecule has 0 saturated carbocycles. The fourth-order valence-electron chi connectivity index (χ4n) is 3.50. The van der Waals surface area contributed by atoms with Crippen molar-refractivity contribution in [2.75, 3.05) is 30.4 Å². The molecule has 1 amide bonds. The number of amides is 1. The largest absolute Gasteiger partial charge is 0.494 e. The van der Waals surface area contributed by atoms with E-state index in [9.17, 15) is 28.1 Å². The molecular formula is C26H27N3O9S. The number of nitro benzene ring substituents is 1. The van der Waals surface area contributed by atoms with Gasteiger partial charge in [0.2, 0.25) is 0 Å². The van der Waals surface area contributed by atoms with Crippen molar-refractivity contribution < 1.29 is 37.1 Å². The van der Waals surface area contributed by atoms with Crippen LogP contribution in [0.1, 0.15) is 28.4 Å².